The highest BCUT2D eigenvalue weighted by molar-refractivity contribution is 5.99. The molecule has 1 aliphatic heterocycles. The van der Waals surface area contributed by atoms with E-state index < -0.39 is 23.8 Å². The first-order chi connectivity index (χ1) is 13.8. The van der Waals surface area contributed by atoms with Gasteiger partial charge < -0.3 is 20.6 Å². The summed E-state index contributed by atoms with van der Waals surface area (Å²) in [5, 5.41) is 13.8. The van der Waals surface area contributed by atoms with E-state index in [0.29, 0.717) is 31.9 Å². The zero-order valence-corrected chi connectivity index (χ0v) is 15.8. The number of hydrogen-bond acceptors (Lipinski definition) is 4. The molecule has 0 aliphatic carbocycles. The van der Waals surface area contributed by atoms with Crippen LogP contribution in [0.3, 0.4) is 0 Å². The number of amides is 3. The van der Waals surface area contributed by atoms with E-state index >= 15 is 0 Å². The molecule has 0 unspecified atom stereocenters. The monoisotopic (exact) mass is 405 g/mol. The zero-order chi connectivity index (χ0) is 21.0. The van der Waals surface area contributed by atoms with Crippen LogP contribution in [0.15, 0.2) is 30.5 Å². The molecule has 1 aromatic carbocycles. The normalized spacial score (nSPS) is 14.5. The van der Waals surface area contributed by atoms with Gasteiger partial charge in [0.25, 0.3) is 0 Å². The Morgan fingerprint density at radius 1 is 1.14 bits per heavy atom. The minimum atomic E-state index is -0.997. The largest absolute Gasteiger partial charge is 0.465 e. The van der Waals surface area contributed by atoms with E-state index in [1.54, 1.807) is 19.1 Å². The number of hydrogen-bond donors (Lipinski definition) is 3. The number of urea groups is 1. The summed E-state index contributed by atoms with van der Waals surface area (Å²) in [4.78, 5) is 30.2. The number of rotatable bonds is 4. The van der Waals surface area contributed by atoms with Crippen molar-refractivity contribution in [2.75, 3.05) is 36.8 Å². The molecule has 29 heavy (non-hydrogen) atoms. The van der Waals surface area contributed by atoms with E-state index in [4.69, 9.17) is 5.11 Å². The molecule has 10 heteroatoms. The van der Waals surface area contributed by atoms with Crippen LogP contribution in [0.1, 0.15) is 11.3 Å². The second-order valence-corrected chi connectivity index (χ2v) is 6.74. The highest BCUT2D eigenvalue weighted by Crippen LogP contribution is 2.23. The number of carboxylic acid groups (broad SMARTS) is 1. The molecule has 0 atom stereocenters. The minimum Gasteiger partial charge on any atom is -0.465 e. The van der Waals surface area contributed by atoms with E-state index in [1.807, 2.05) is 4.90 Å². The summed E-state index contributed by atoms with van der Waals surface area (Å²) < 4.78 is 28.8. The predicted octanol–water partition coefficient (Wildman–Crippen LogP) is 3.11. The molecular formula is C19H21F2N5O3. The number of nitrogens with one attached hydrogen (secondary N) is 2. The number of carbonyl (C=O) groups excluding carboxylic acids is 1. The van der Waals surface area contributed by atoms with E-state index in [9.17, 15) is 18.4 Å². The van der Waals surface area contributed by atoms with Crippen LogP contribution in [-0.4, -0.2) is 58.2 Å². The number of carbonyl (C=O) groups is 2. The fourth-order valence-corrected chi connectivity index (χ4v) is 3.02. The highest BCUT2D eigenvalue weighted by Gasteiger charge is 2.22. The van der Waals surface area contributed by atoms with Gasteiger partial charge in [-0.15, -0.1) is 0 Å². The van der Waals surface area contributed by atoms with Crippen LogP contribution in [0.2, 0.25) is 0 Å². The fourth-order valence-electron chi connectivity index (χ4n) is 3.02. The lowest BCUT2D eigenvalue weighted by atomic mass is 10.1. The number of aromatic nitrogens is 1. The van der Waals surface area contributed by atoms with Gasteiger partial charge in [-0.05, 0) is 25.1 Å². The van der Waals surface area contributed by atoms with Gasteiger partial charge in [-0.2, -0.15) is 0 Å². The van der Waals surface area contributed by atoms with Crippen LogP contribution in [0, 0.1) is 18.6 Å². The lowest BCUT2D eigenvalue weighted by Crippen LogP contribution is -2.47. The molecule has 1 aliphatic rings. The number of anilines is 2. The van der Waals surface area contributed by atoms with Gasteiger partial charge in [-0.3, -0.25) is 9.88 Å². The van der Waals surface area contributed by atoms with Gasteiger partial charge in [-0.1, -0.05) is 0 Å². The Hall–Kier alpha value is -3.27. The number of halogens is 2. The van der Waals surface area contributed by atoms with Gasteiger partial charge >= 0.3 is 12.1 Å². The van der Waals surface area contributed by atoms with E-state index in [2.05, 4.69) is 15.6 Å². The van der Waals surface area contributed by atoms with Gasteiger partial charge in [0.05, 0.1) is 17.6 Å². The number of piperazine rings is 1. The molecule has 2 heterocycles. The van der Waals surface area contributed by atoms with Gasteiger partial charge in [0.1, 0.15) is 5.82 Å². The summed E-state index contributed by atoms with van der Waals surface area (Å²) >= 11 is 0. The molecular weight excluding hydrogens is 384 g/mol. The molecule has 1 saturated heterocycles. The Morgan fingerprint density at radius 3 is 2.48 bits per heavy atom. The van der Waals surface area contributed by atoms with Gasteiger partial charge in [0.15, 0.2) is 5.82 Å². The molecule has 1 fully saturated rings. The molecule has 0 saturated carbocycles. The minimum absolute atomic E-state index is 0.0843. The maximum Gasteiger partial charge on any atom is 0.407 e. The molecule has 0 bridgehead atoms. The third-order valence-electron chi connectivity index (χ3n) is 4.57. The Bertz CT molecular complexity index is 899. The summed E-state index contributed by atoms with van der Waals surface area (Å²) in [7, 11) is 0. The molecule has 0 radical (unpaired) electrons. The van der Waals surface area contributed by atoms with Gasteiger partial charge in [0.2, 0.25) is 0 Å². The average Bonchev–Trinajstić information content (AvgIpc) is 2.67. The van der Waals surface area contributed by atoms with Gasteiger partial charge in [0, 0.05) is 50.0 Å². The van der Waals surface area contributed by atoms with Crippen molar-refractivity contribution in [3.63, 3.8) is 0 Å². The Kier molecular flexibility index (Phi) is 6.23. The van der Waals surface area contributed by atoms with Crippen LogP contribution in [0.4, 0.5) is 29.7 Å². The quantitative estimate of drug-likeness (QED) is 0.726. The van der Waals surface area contributed by atoms with E-state index in [0.717, 1.165) is 17.8 Å². The fraction of sp³-hybridized carbons (Fsp3) is 0.316. The topological polar surface area (TPSA) is 97.8 Å². The first-order valence-electron chi connectivity index (χ1n) is 9.00. The first kappa shape index (κ1) is 20.5. The molecule has 1 aromatic heterocycles. The summed E-state index contributed by atoms with van der Waals surface area (Å²) in [6.07, 6.45) is 0.460. The molecule has 3 N–H and O–H groups in total. The Morgan fingerprint density at radius 2 is 1.86 bits per heavy atom. The Balaban J connectivity index is 1.66. The van der Waals surface area contributed by atoms with Crippen LogP contribution in [0.5, 0.6) is 0 Å². The van der Waals surface area contributed by atoms with Gasteiger partial charge in [-0.25, -0.2) is 18.4 Å². The zero-order valence-electron chi connectivity index (χ0n) is 15.8. The number of pyridine rings is 1. The highest BCUT2D eigenvalue weighted by atomic mass is 19.1. The molecule has 0 spiro atoms. The molecule has 8 nitrogen and oxygen atoms in total. The van der Waals surface area contributed by atoms with Crippen molar-refractivity contribution in [1.82, 2.24) is 14.8 Å². The molecule has 3 rings (SSSR count). The van der Waals surface area contributed by atoms with E-state index in [1.165, 1.54) is 11.1 Å². The molecule has 3 amide bonds. The SMILES string of the molecule is Cc1ccc(NC(=O)Nc2cc(F)cc(CN3CCN(C(=O)O)CC3)c2F)cn1. The lowest BCUT2D eigenvalue weighted by molar-refractivity contribution is 0.102. The maximum absolute atomic E-state index is 14.8. The number of benzene rings is 1. The third-order valence-corrected chi connectivity index (χ3v) is 4.57. The smallest absolute Gasteiger partial charge is 0.407 e. The maximum atomic E-state index is 14.8. The van der Waals surface area contributed by atoms with E-state index in [-0.39, 0.29) is 17.8 Å². The molecule has 154 valence electrons. The van der Waals surface area contributed by atoms with Crippen LogP contribution in [-0.2, 0) is 6.54 Å². The molecule has 2 aromatic rings. The summed E-state index contributed by atoms with van der Waals surface area (Å²) in [5.41, 5.74) is 1.00. The van der Waals surface area contributed by atoms with Crippen molar-refractivity contribution in [1.29, 1.82) is 0 Å². The first-order valence-corrected chi connectivity index (χ1v) is 9.00. The van der Waals surface area contributed by atoms with Crippen LogP contribution in [0.25, 0.3) is 0 Å². The second kappa shape index (κ2) is 8.82. The summed E-state index contributed by atoms with van der Waals surface area (Å²) in [5.74, 6) is -1.41. The predicted molar refractivity (Wildman–Crippen MR) is 103 cm³/mol. The number of nitrogens with zero attached hydrogens (tertiary/aromatic N) is 3. The van der Waals surface area contributed by atoms with Crippen molar-refractivity contribution in [2.45, 2.75) is 13.5 Å². The number of aryl methyl sites for hydroxylation is 1. The lowest BCUT2D eigenvalue weighted by Gasteiger charge is -2.33. The van der Waals surface area contributed by atoms with Crippen molar-refractivity contribution in [2.24, 2.45) is 0 Å². The van der Waals surface area contributed by atoms with Crippen molar-refractivity contribution >= 4 is 23.5 Å². The average molecular weight is 405 g/mol. The van der Waals surface area contributed by atoms with Crippen molar-refractivity contribution in [3.05, 3.63) is 53.4 Å². The standard InChI is InChI=1S/C19H21F2N5O3/c1-12-2-3-15(10-22-12)23-18(27)24-16-9-14(20)8-13(17(16)21)11-25-4-6-26(7-5-25)19(28)29/h2-3,8-10H,4-7,11H2,1H3,(H,28,29)(H2,23,24,27). The summed E-state index contributed by atoms with van der Waals surface area (Å²) in [6, 6.07) is 4.62. The second-order valence-electron chi connectivity index (χ2n) is 6.74. The van der Waals surface area contributed by atoms with Crippen molar-refractivity contribution < 1.29 is 23.5 Å². The van der Waals surface area contributed by atoms with Crippen molar-refractivity contribution in [3.8, 4) is 0 Å². The summed E-state index contributed by atoms with van der Waals surface area (Å²) in [6.45, 7) is 3.32. The Labute approximate surface area is 166 Å². The van der Waals surface area contributed by atoms with Crippen LogP contribution >= 0.6 is 0 Å². The third kappa shape index (κ3) is 5.38. The van der Waals surface area contributed by atoms with Crippen LogP contribution < -0.4 is 10.6 Å².